The molecule has 1 saturated carbocycles. The summed E-state index contributed by atoms with van der Waals surface area (Å²) in [6.07, 6.45) is 8.19. The van der Waals surface area contributed by atoms with Crippen molar-refractivity contribution < 1.29 is 4.74 Å². The van der Waals surface area contributed by atoms with E-state index >= 15 is 0 Å². The Morgan fingerprint density at radius 1 is 0.906 bits per heavy atom. The van der Waals surface area contributed by atoms with Crippen LogP contribution in [0.25, 0.3) is 0 Å². The van der Waals surface area contributed by atoms with Gasteiger partial charge in [-0.2, -0.15) is 0 Å². The molecule has 0 atom stereocenters. The van der Waals surface area contributed by atoms with Crippen LogP contribution in [0.4, 0.5) is 11.4 Å². The van der Waals surface area contributed by atoms with E-state index in [0.717, 1.165) is 45.3 Å². The highest BCUT2D eigenvalue weighted by molar-refractivity contribution is 5.63. The van der Waals surface area contributed by atoms with Crippen LogP contribution in [0.3, 0.4) is 0 Å². The lowest BCUT2D eigenvalue weighted by atomic mass is 9.66. The van der Waals surface area contributed by atoms with Gasteiger partial charge >= 0.3 is 0 Å². The largest absolute Gasteiger partial charge is 0.378 e. The number of rotatable bonds is 7. The van der Waals surface area contributed by atoms with E-state index in [1.807, 2.05) is 0 Å². The van der Waals surface area contributed by atoms with Gasteiger partial charge in [0.15, 0.2) is 0 Å². The van der Waals surface area contributed by atoms with E-state index in [0.29, 0.717) is 11.3 Å². The van der Waals surface area contributed by atoms with Gasteiger partial charge in [0.2, 0.25) is 0 Å². The van der Waals surface area contributed by atoms with E-state index in [9.17, 15) is 0 Å². The van der Waals surface area contributed by atoms with Gasteiger partial charge < -0.3 is 14.5 Å². The number of piperazine rings is 1. The van der Waals surface area contributed by atoms with Crippen LogP contribution in [0.1, 0.15) is 77.7 Å². The van der Waals surface area contributed by atoms with E-state index in [-0.39, 0.29) is 0 Å². The van der Waals surface area contributed by atoms with Gasteiger partial charge in [0.1, 0.15) is 0 Å². The fraction of sp³-hybridized carbons (Fsp3) is 0.786. The first kappa shape index (κ1) is 23.9. The van der Waals surface area contributed by atoms with Crippen LogP contribution >= 0.6 is 0 Å². The molecule has 0 N–H and O–H groups in total. The zero-order valence-electron chi connectivity index (χ0n) is 21.2. The smallest absolute Gasteiger partial charge is 0.0642 e. The van der Waals surface area contributed by atoms with Gasteiger partial charge in [0, 0.05) is 57.2 Å². The monoisotopic (exact) mass is 441 g/mol. The quantitative estimate of drug-likeness (QED) is 0.535. The number of hydrogen-bond acceptors (Lipinski definition) is 4. The Labute approximate surface area is 197 Å². The Morgan fingerprint density at radius 3 is 2.16 bits per heavy atom. The second-order valence-electron chi connectivity index (χ2n) is 11.0. The predicted molar refractivity (Wildman–Crippen MR) is 137 cm³/mol. The molecule has 32 heavy (non-hydrogen) atoms. The molecule has 1 aromatic rings. The van der Waals surface area contributed by atoms with Gasteiger partial charge in [-0.15, -0.1) is 0 Å². The summed E-state index contributed by atoms with van der Waals surface area (Å²) in [5, 5.41) is 0. The maximum atomic E-state index is 5.62. The van der Waals surface area contributed by atoms with E-state index < -0.39 is 0 Å². The van der Waals surface area contributed by atoms with Crippen LogP contribution in [0.2, 0.25) is 0 Å². The molecular formula is C28H47N3O. The highest BCUT2D eigenvalue weighted by Crippen LogP contribution is 2.49. The summed E-state index contributed by atoms with van der Waals surface area (Å²) in [7, 11) is 0. The van der Waals surface area contributed by atoms with Crippen LogP contribution in [0.15, 0.2) is 18.2 Å². The molecule has 4 nitrogen and oxygen atoms in total. The third kappa shape index (κ3) is 5.44. The average molecular weight is 442 g/mol. The Balaban J connectivity index is 1.54. The normalized spacial score (nSPS) is 23.2. The highest BCUT2D eigenvalue weighted by Gasteiger charge is 2.34. The molecule has 2 saturated heterocycles. The summed E-state index contributed by atoms with van der Waals surface area (Å²) in [5.74, 6) is 1.47. The van der Waals surface area contributed by atoms with Crippen molar-refractivity contribution in [2.75, 3.05) is 68.8 Å². The summed E-state index contributed by atoms with van der Waals surface area (Å²) in [5.41, 5.74) is 5.16. The van der Waals surface area contributed by atoms with E-state index in [2.05, 4.69) is 60.6 Å². The maximum Gasteiger partial charge on any atom is 0.0642 e. The summed E-state index contributed by atoms with van der Waals surface area (Å²) >= 11 is 0. The molecule has 1 aliphatic carbocycles. The third-order valence-corrected chi connectivity index (χ3v) is 8.71. The summed E-state index contributed by atoms with van der Waals surface area (Å²) in [6, 6.07) is 7.41. The van der Waals surface area contributed by atoms with Crippen molar-refractivity contribution in [2.24, 2.45) is 11.3 Å². The molecule has 0 aromatic heterocycles. The molecule has 4 heteroatoms. The standard InChI is InChI=1S/C28H47N3O/c1-5-28(6-2)11-9-24(10-12-28)26-21-25(30-17-19-32-20-18-30)7-8-27(26)31-15-13-29(14-16-31)22-23(3)4/h7-8,21,23-24H,5-6,9-20,22H2,1-4H3. The Kier molecular flexibility index (Phi) is 8.04. The first-order chi connectivity index (χ1) is 15.5. The molecule has 0 bridgehead atoms. The Hall–Kier alpha value is -1.26. The first-order valence-corrected chi connectivity index (χ1v) is 13.5. The van der Waals surface area contributed by atoms with Crippen molar-refractivity contribution in [3.63, 3.8) is 0 Å². The third-order valence-electron chi connectivity index (χ3n) is 8.71. The topological polar surface area (TPSA) is 19.0 Å². The first-order valence-electron chi connectivity index (χ1n) is 13.5. The van der Waals surface area contributed by atoms with Crippen molar-refractivity contribution in [2.45, 2.75) is 72.1 Å². The highest BCUT2D eigenvalue weighted by atomic mass is 16.5. The Bertz CT molecular complexity index is 705. The summed E-state index contributed by atoms with van der Waals surface area (Å²) in [4.78, 5) is 7.87. The fourth-order valence-electron chi connectivity index (χ4n) is 6.36. The predicted octanol–water partition coefficient (Wildman–Crippen LogP) is 5.77. The summed E-state index contributed by atoms with van der Waals surface area (Å²) < 4.78 is 5.62. The van der Waals surface area contributed by atoms with Gasteiger partial charge in [-0.05, 0) is 66.7 Å². The number of nitrogens with zero attached hydrogens (tertiary/aromatic N) is 3. The van der Waals surface area contributed by atoms with Gasteiger partial charge in [-0.1, -0.05) is 40.5 Å². The van der Waals surface area contributed by atoms with Crippen molar-refractivity contribution in [3.05, 3.63) is 23.8 Å². The summed E-state index contributed by atoms with van der Waals surface area (Å²) in [6.45, 7) is 19.2. The number of ether oxygens (including phenoxy) is 1. The van der Waals surface area contributed by atoms with Gasteiger partial charge in [0.25, 0.3) is 0 Å². The van der Waals surface area contributed by atoms with Crippen molar-refractivity contribution in [3.8, 4) is 0 Å². The van der Waals surface area contributed by atoms with Gasteiger partial charge in [0.05, 0.1) is 13.2 Å². The van der Waals surface area contributed by atoms with E-state index in [1.54, 1.807) is 5.56 Å². The van der Waals surface area contributed by atoms with E-state index in [4.69, 9.17) is 4.74 Å². The second-order valence-corrected chi connectivity index (χ2v) is 11.0. The van der Waals surface area contributed by atoms with Crippen LogP contribution in [0, 0.1) is 11.3 Å². The Morgan fingerprint density at radius 2 is 1.56 bits per heavy atom. The molecule has 3 fully saturated rings. The van der Waals surface area contributed by atoms with Crippen LogP contribution in [-0.2, 0) is 4.74 Å². The molecule has 4 rings (SSSR count). The molecule has 0 radical (unpaired) electrons. The molecule has 2 aliphatic heterocycles. The second kappa shape index (κ2) is 10.8. The lowest BCUT2D eigenvalue weighted by Crippen LogP contribution is -2.47. The zero-order valence-corrected chi connectivity index (χ0v) is 21.2. The number of anilines is 2. The molecule has 3 aliphatic rings. The minimum absolute atomic E-state index is 0.598. The molecule has 2 heterocycles. The molecule has 1 aromatic carbocycles. The molecule has 0 amide bonds. The van der Waals surface area contributed by atoms with Crippen molar-refractivity contribution in [1.82, 2.24) is 4.90 Å². The lowest BCUT2D eigenvalue weighted by molar-refractivity contribution is 0.122. The minimum atomic E-state index is 0.598. The van der Waals surface area contributed by atoms with Crippen molar-refractivity contribution in [1.29, 1.82) is 0 Å². The zero-order chi connectivity index (χ0) is 22.6. The molecule has 180 valence electrons. The average Bonchev–Trinajstić information content (AvgIpc) is 2.84. The van der Waals surface area contributed by atoms with E-state index in [1.165, 1.54) is 69.5 Å². The number of morpholine rings is 1. The van der Waals surface area contributed by atoms with Gasteiger partial charge in [-0.3, -0.25) is 4.90 Å². The lowest BCUT2D eigenvalue weighted by Gasteiger charge is -2.42. The van der Waals surface area contributed by atoms with Crippen LogP contribution in [0.5, 0.6) is 0 Å². The molecule has 0 spiro atoms. The minimum Gasteiger partial charge on any atom is -0.378 e. The number of hydrogen-bond donors (Lipinski definition) is 0. The molecule has 0 unspecified atom stereocenters. The fourth-order valence-corrected chi connectivity index (χ4v) is 6.36. The number of benzene rings is 1. The molecular weight excluding hydrogens is 394 g/mol. The van der Waals surface area contributed by atoms with Gasteiger partial charge in [-0.25, -0.2) is 0 Å². The van der Waals surface area contributed by atoms with Crippen LogP contribution in [-0.4, -0.2) is 63.9 Å². The van der Waals surface area contributed by atoms with Crippen LogP contribution < -0.4 is 9.80 Å². The SMILES string of the molecule is CCC1(CC)CCC(c2cc(N3CCOCC3)ccc2N2CCN(CC(C)C)CC2)CC1. The van der Waals surface area contributed by atoms with Crippen molar-refractivity contribution >= 4 is 11.4 Å². The maximum absolute atomic E-state index is 5.62.